The quantitative estimate of drug-likeness (QED) is 0.882. The molecule has 0 saturated carbocycles. The van der Waals surface area contributed by atoms with Crippen LogP contribution >= 0.6 is 0 Å². The maximum absolute atomic E-state index is 12.0. The number of carbonyl (C=O) groups is 1. The Labute approximate surface area is 129 Å². The van der Waals surface area contributed by atoms with Crippen molar-refractivity contribution in [2.45, 2.75) is 0 Å². The van der Waals surface area contributed by atoms with E-state index in [4.69, 9.17) is 4.84 Å². The molecular formula is C16H18N4O2. The van der Waals surface area contributed by atoms with Crippen LogP contribution in [0.1, 0.15) is 0 Å². The molecule has 0 radical (unpaired) electrons. The van der Waals surface area contributed by atoms with Gasteiger partial charge in [0, 0.05) is 44.3 Å². The summed E-state index contributed by atoms with van der Waals surface area (Å²) in [6.45, 7) is 2.84. The summed E-state index contributed by atoms with van der Waals surface area (Å²) in [4.78, 5) is 25.1. The minimum atomic E-state index is -0.349. The van der Waals surface area contributed by atoms with Gasteiger partial charge in [-0.05, 0) is 24.3 Å². The van der Waals surface area contributed by atoms with Gasteiger partial charge in [-0.1, -0.05) is 18.2 Å². The maximum Gasteiger partial charge on any atom is 0.434 e. The van der Waals surface area contributed by atoms with Gasteiger partial charge in [0.2, 0.25) is 0 Å². The lowest BCUT2D eigenvalue weighted by Crippen LogP contribution is -2.49. The smallest absolute Gasteiger partial charge is 0.368 e. The highest BCUT2D eigenvalue weighted by molar-refractivity contribution is 5.69. The van der Waals surface area contributed by atoms with Gasteiger partial charge in [0.1, 0.15) is 0 Å². The van der Waals surface area contributed by atoms with Gasteiger partial charge in [0.15, 0.2) is 0 Å². The van der Waals surface area contributed by atoms with E-state index in [1.807, 2.05) is 42.5 Å². The number of amides is 1. The number of hydrogen-bond donors (Lipinski definition) is 1. The predicted molar refractivity (Wildman–Crippen MR) is 84.6 cm³/mol. The zero-order chi connectivity index (χ0) is 15.2. The fourth-order valence-corrected chi connectivity index (χ4v) is 2.38. The first-order chi connectivity index (χ1) is 10.8. The van der Waals surface area contributed by atoms with Crippen LogP contribution in [-0.4, -0.2) is 42.2 Å². The van der Waals surface area contributed by atoms with Crippen LogP contribution in [0, 0.1) is 0 Å². The Hall–Kier alpha value is -2.76. The molecule has 0 atom stereocenters. The van der Waals surface area contributed by atoms with Crippen LogP contribution in [0.5, 0.6) is 0 Å². The summed E-state index contributed by atoms with van der Waals surface area (Å²) in [7, 11) is 0. The van der Waals surface area contributed by atoms with Crippen LogP contribution in [0.25, 0.3) is 0 Å². The molecular weight excluding hydrogens is 280 g/mol. The predicted octanol–water partition coefficient (Wildman–Crippen LogP) is 2.37. The lowest BCUT2D eigenvalue weighted by molar-refractivity contribution is 0.120. The normalized spacial score (nSPS) is 14.5. The minimum absolute atomic E-state index is 0.349. The topological polar surface area (TPSA) is 57.7 Å². The molecule has 2 aromatic rings. The van der Waals surface area contributed by atoms with Gasteiger partial charge >= 0.3 is 6.09 Å². The van der Waals surface area contributed by atoms with Crippen molar-refractivity contribution in [3.8, 4) is 0 Å². The first kappa shape index (κ1) is 14.2. The standard InChI is InChI=1S/C16H18N4O2/c21-16(22-18-14-4-2-1-3-5-14)20-12-10-19(11-13-20)15-6-8-17-9-7-15/h1-9,18H,10-13H2. The molecule has 1 aliphatic heterocycles. The van der Waals surface area contributed by atoms with Gasteiger partial charge in [-0.3, -0.25) is 4.98 Å². The van der Waals surface area contributed by atoms with E-state index < -0.39 is 0 Å². The molecule has 22 heavy (non-hydrogen) atoms. The highest BCUT2D eigenvalue weighted by atomic mass is 16.7. The summed E-state index contributed by atoms with van der Waals surface area (Å²) in [5, 5.41) is 0. The summed E-state index contributed by atoms with van der Waals surface area (Å²) < 4.78 is 0. The first-order valence-corrected chi connectivity index (χ1v) is 7.25. The monoisotopic (exact) mass is 298 g/mol. The van der Waals surface area contributed by atoms with Crippen molar-refractivity contribution in [1.82, 2.24) is 9.88 Å². The lowest BCUT2D eigenvalue weighted by atomic mass is 10.3. The van der Waals surface area contributed by atoms with Crippen molar-refractivity contribution in [1.29, 1.82) is 0 Å². The van der Waals surface area contributed by atoms with Crippen LogP contribution in [0.4, 0.5) is 16.2 Å². The molecule has 0 aliphatic carbocycles. The number of nitrogens with one attached hydrogen (secondary N) is 1. The molecule has 1 aromatic carbocycles. The fourth-order valence-electron chi connectivity index (χ4n) is 2.38. The molecule has 6 nitrogen and oxygen atoms in total. The average Bonchev–Trinajstić information content (AvgIpc) is 2.61. The fraction of sp³-hybridized carbons (Fsp3) is 0.250. The van der Waals surface area contributed by atoms with E-state index in [-0.39, 0.29) is 6.09 Å². The third kappa shape index (κ3) is 3.46. The van der Waals surface area contributed by atoms with Crippen LogP contribution in [0.2, 0.25) is 0 Å². The number of aromatic nitrogens is 1. The lowest BCUT2D eigenvalue weighted by Gasteiger charge is -2.35. The van der Waals surface area contributed by atoms with Gasteiger partial charge in [0.25, 0.3) is 0 Å². The van der Waals surface area contributed by atoms with Crippen LogP contribution in [-0.2, 0) is 4.84 Å². The minimum Gasteiger partial charge on any atom is -0.368 e. The first-order valence-electron chi connectivity index (χ1n) is 7.25. The van der Waals surface area contributed by atoms with Crippen molar-refractivity contribution in [2.24, 2.45) is 0 Å². The summed E-state index contributed by atoms with van der Waals surface area (Å²) in [6, 6.07) is 13.3. The van der Waals surface area contributed by atoms with Gasteiger partial charge in [0.05, 0.1) is 5.69 Å². The Morgan fingerprint density at radius 2 is 1.68 bits per heavy atom. The second-order valence-corrected chi connectivity index (χ2v) is 5.02. The number of nitrogens with zero attached hydrogens (tertiary/aromatic N) is 3. The van der Waals surface area contributed by atoms with Gasteiger partial charge in [-0.2, -0.15) is 0 Å². The molecule has 1 fully saturated rings. The van der Waals surface area contributed by atoms with E-state index in [9.17, 15) is 4.79 Å². The van der Waals surface area contributed by atoms with Gasteiger partial charge in [-0.15, -0.1) is 0 Å². The van der Waals surface area contributed by atoms with Crippen molar-refractivity contribution in [3.63, 3.8) is 0 Å². The van der Waals surface area contributed by atoms with Crippen molar-refractivity contribution < 1.29 is 9.63 Å². The van der Waals surface area contributed by atoms with E-state index in [1.54, 1.807) is 17.3 Å². The third-order valence-corrected chi connectivity index (χ3v) is 3.60. The molecule has 2 heterocycles. The van der Waals surface area contributed by atoms with E-state index in [0.29, 0.717) is 13.1 Å². The average molecular weight is 298 g/mol. The third-order valence-electron chi connectivity index (χ3n) is 3.60. The number of piperazine rings is 1. The molecule has 1 amide bonds. The number of pyridine rings is 1. The van der Waals surface area contributed by atoms with Crippen LogP contribution in [0.3, 0.4) is 0 Å². The second kappa shape index (κ2) is 6.80. The Morgan fingerprint density at radius 3 is 2.36 bits per heavy atom. The number of para-hydroxylation sites is 1. The molecule has 6 heteroatoms. The van der Waals surface area contributed by atoms with E-state index in [2.05, 4.69) is 15.4 Å². The molecule has 3 rings (SSSR count). The number of anilines is 2. The molecule has 1 aromatic heterocycles. The van der Waals surface area contributed by atoms with Crippen LogP contribution in [0.15, 0.2) is 54.9 Å². The molecule has 0 spiro atoms. The SMILES string of the molecule is O=C(ONc1ccccc1)N1CCN(c2ccncc2)CC1. The van der Waals surface area contributed by atoms with Crippen molar-refractivity contribution >= 4 is 17.5 Å². The maximum atomic E-state index is 12.0. The molecule has 0 bridgehead atoms. The zero-order valence-corrected chi connectivity index (χ0v) is 12.2. The van der Waals surface area contributed by atoms with Crippen molar-refractivity contribution in [2.75, 3.05) is 36.6 Å². The molecule has 0 unspecified atom stereocenters. The van der Waals surface area contributed by atoms with Crippen molar-refractivity contribution in [3.05, 3.63) is 54.9 Å². The molecule has 1 aliphatic rings. The number of benzene rings is 1. The highest BCUT2D eigenvalue weighted by Gasteiger charge is 2.22. The number of carbonyl (C=O) groups excluding carboxylic acids is 1. The summed E-state index contributed by atoms with van der Waals surface area (Å²) in [5.74, 6) is 0. The summed E-state index contributed by atoms with van der Waals surface area (Å²) in [5.41, 5.74) is 4.56. The van der Waals surface area contributed by atoms with E-state index in [0.717, 1.165) is 24.5 Å². The van der Waals surface area contributed by atoms with Gasteiger partial charge < -0.3 is 14.6 Å². The summed E-state index contributed by atoms with van der Waals surface area (Å²) in [6.07, 6.45) is 3.21. The Kier molecular flexibility index (Phi) is 4.38. The van der Waals surface area contributed by atoms with E-state index >= 15 is 0 Å². The highest BCUT2D eigenvalue weighted by Crippen LogP contribution is 2.15. The summed E-state index contributed by atoms with van der Waals surface area (Å²) >= 11 is 0. The van der Waals surface area contributed by atoms with Crippen LogP contribution < -0.4 is 10.4 Å². The number of rotatable bonds is 3. The molecule has 1 saturated heterocycles. The Morgan fingerprint density at radius 1 is 1.00 bits per heavy atom. The van der Waals surface area contributed by atoms with E-state index in [1.165, 1.54) is 0 Å². The zero-order valence-electron chi connectivity index (χ0n) is 12.2. The Balaban J connectivity index is 1.48. The largest absolute Gasteiger partial charge is 0.434 e. The molecule has 114 valence electrons. The molecule has 1 N–H and O–H groups in total. The second-order valence-electron chi connectivity index (χ2n) is 5.02. The Bertz CT molecular complexity index is 598. The number of hydrogen-bond acceptors (Lipinski definition) is 5. The van der Waals surface area contributed by atoms with Gasteiger partial charge in [-0.25, -0.2) is 10.3 Å².